The minimum atomic E-state index is -0.371. The van der Waals surface area contributed by atoms with Crippen LogP contribution in [0.1, 0.15) is 31.2 Å². The summed E-state index contributed by atoms with van der Waals surface area (Å²) in [5.74, 6) is 0.179. The fourth-order valence-electron chi connectivity index (χ4n) is 3.70. The van der Waals surface area contributed by atoms with Crippen LogP contribution in [-0.4, -0.2) is 35.4 Å². The number of likely N-dealkylation sites (tertiary alicyclic amines) is 1. The van der Waals surface area contributed by atoms with E-state index in [0.717, 1.165) is 38.8 Å². The van der Waals surface area contributed by atoms with Crippen LogP contribution in [0.2, 0.25) is 0 Å². The Morgan fingerprint density at radius 3 is 2.68 bits per heavy atom. The maximum absolute atomic E-state index is 12.9. The van der Waals surface area contributed by atoms with Crippen molar-refractivity contribution in [3.8, 4) is 0 Å². The molecule has 2 heterocycles. The van der Waals surface area contributed by atoms with E-state index < -0.39 is 0 Å². The first-order valence-electron chi connectivity index (χ1n) is 7.85. The lowest BCUT2D eigenvalue weighted by atomic mass is 9.72. The van der Waals surface area contributed by atoms with E-state index in [0.29, 0.717) is 18.7 Å². The summed E-state index contributed by atoms with van der Waals surface area (Å²) in [6.07, 6.45) is 3.67. The van der Waals surface area contributed by atoms with Gasteiger partial charge >= 0.3 is 0 Å². The van der Waals surface area contributed by atoms with Crippen molar-refractivity contribution in [2.45, 2.75) is 32.2 Å². The van der Waals surface area contributed by atoms with Crippen LogP contribution in [0.4, 0.5) is 5.69 Å². The highest BCUT2D eigenvalue weighted by Gasteiger charge is 2.44. The third kappa shape index (κ3) is 2.70. The molecule has 1 aromatic carbocycles. The van der Waals surface area contributed by atoms with Crippen molar-refractivity contribution in [1.82, 2.24) is 10.2 Å². The van der Waals surface area contributed by atoms with Crippen molar-refractivity contribution in [2.24, 2.45) is 5.41 Å². The number of nitro benzene ring substituents is 1. The normalized spacial score (nSPS) is 21.1. The average Bonchev–Trinajstić information content (AvgIpc) is 2.53. The molecule has 0 aromatic heterocycles. The summed E-state index contributed by atoms with van der Waals surface area (Å²) in [4.78, 5) is 25.5. The van der Waals surface area contributed by atoms with Gasteiger partial charge < -0.3 is 10.2 Å². The summed E-state index contributed by atoms with van der Waals surface area (Å²) < 4.78 is 0. The molecule has 1 spiro atoms. The van der Waals surface area contributed by atoms with Gasteiger partial charge in [0.2, 0.25) is 5.91 Å². The molecule has 0 radical (unpaired) electrons. The van der Waals surface area contributed by atoms with Crippen molar-refractivity contribution in [2.75, 3.05) is 19.6 Å². The molecule has 6 nitrogen and oxygen atoms in total. The minimum absolute atomic E-state index is 0.0974. The Bertz CT molecular complexity index is 576. The Morgan fingerprint density at radius 1 is 1.23 bits per heavy atom. The van der Waals surface area contributed by atoms with Gasteiger partial charge in [-0.1, -0.05) is 18.2 Å². The number of carbonyl (C=O) groups is 1. The molecule has 2 fully saturated rings. The monoisotopic (exact) mass is 303 g/mol. The second kappa shape index (κ2) is 6.04. The highest BCUT2D eigenvalue weighted by atomic mass is 16.6. The summed E-state index contributed by atoms with van der Waals surface area (Å²) in [6.45, 7) is 2.79. The van der Waals surface area contributed by atoms with E-state index in [1.807, 2.05) is 4.90 Å². The standard InChI is InChI=1S/C16H21N3O3/c20-15-16(7-9-17-10-8-16)6-3-11-18(15)12-13-4-1-2-5-14(13)19(21)22/h1-2,4-5,17H,3,6-12H2. The highest BCUT2D eigenvalue weighted by Crippen LogP contribution is 2.40. The van der Waals surface area contributed by atoms with E-state index in [1.54, 1.807) is 18.2 Å². The molecule has 1 aromatic rings. The van der Waals surface area contributed by atoms with Crippen molar-refractivity contribution in [3.63, 3.8) is 0 Å². The lowest BCUT2D eigenvalue weighted by Crippen LogP contribution is -2.52. The van der Waals surface area contributed by atoms with Gasteiger partial charge in [-0.3, -0.25) is 14.9 Å². The number of hydrogen-bond donors (Lipinski definition) is 1. The molecule has 2 aliphatic heterocycles. The third-order valence-corrected chi connectivity index (χ3v) is 4.93. The molecule has 22 heavy (non-hydrogen) atoms. The largest absolute Gasteiger partial charge is 0.338 e. The number of benzene rings is 1. The van der Waals surface area contributed by atoms with Gasteiger partial charge in [0.1, 0.15) is 0 Å². The van der Waals surface area contributed by atoms with Crippen LogP contribution in [0, 0.1) is 15.5 Å². The smallest absolute Gasteiger partial charge is 0.274 e. The summed E-state index contributed by atoms with van der Waals surface area (Å²) in [5.41, 5.74) is 0.472. The van der Waals surface area contributed by atoms with E-state index in [2.05, 4.69) is 5.32 Å². The molecule has 0 aliphatic carbocycles. The lowest BCUT2D eigenvalue weighted by molar-refractivity contribution is -0.385. The number of rotatable bonds is 3. The number of para-hydroxylation sites is 1. The second-order valence-electron chi connectivity index (χ2n) is 6.25. The molecule has 118 valence electrons. The van der Waals surface area contributed by atoms with Gasteiger partial charge in [-0.25, -0.2) is 0 Å². The molecule has 0 bridgehead atoms. The molecule has 6 heteroatoms. The molecule has 0 unspecified atom stereocenters. The van der Waals surface area contributed by atoms with Gasteiger partial charge in [0, 0.05) is 18.2 Å². The number of piperidine rings is 2. The molecular formula is C16H21N3O3. The SMILES string of the molecule is O=C1N(Cc2ccccc2[N+](=O)[O-])CCCC12CCNCC2. The maximum Gasteiger partial charge on any atom is 0.274 e. The zero-order chi connectivity index (χ0) is 15.6. The molecule has 0 saturated carbocycles. The van der Waals surface area contributed by atoms with Gasteiger partial charge in [0.15, 0.2) is 0 Å². The molecule has 2 aliphatic rings. The Kier molecular flexibility index (Phi) is 4.11. The average molecular weight is 303 g/mol. The first kappa shape index (κ1) is 15.0. The van der Waals surface area contributed by atoms with Crippen LogP contribution >= 0.6 is 0 Å². The van der Waals surface area contributed by atoms with Gasteiger partial charge in [-0.2, -0.15) is 0 Å². The van der Waals surface area contributed by atoms with E-state index >= 15 is 0 Å². The zero-order valence-corrected chi connectivity index (χ0v) is 12.6. The number of hydrogen-bond acceptors (Lipinski definition) is 4. The minimum Gasteiger partial charge on any atom is -0.338 e. The Hall–Kier alpha value is -1.95. The van der Waals surface area contributed by atoms with Crippen molar-refractivity contribution in [3.05, 3.63) is 39.9 Å². The lowest BCUT2D eigenvalue weighted by Gasteiger charge is -2.44. The predicted molar refractivity (Wildman–Crippen MR) is 82.3 cm³/mol. The van der Waals surface area contributed by atoms with Gasteiger partial charge in [-0.05, 0) is 38.8 Å². The second-order valence-corrected chi connectivity index (χ2v) is 6.25. The number of amides is 1. The topological polar surface area (TPSA) is 75.5 Å². The summed E-state index contributed by atoms with van der Waals surface area (Å²) in [5, 5.41) is 14.4. The number of carbonyl (C=O) groups excluding carboxylic acids is 1. The molecule has 1 N–H and O–H groups in total. The van der Waals surface area contributed by atoms with Crippen LogP contribution in [0.5, 0.6) is 0 Å². The van der Waals surface area contributed by atoms with Crippen molar-refractivity contribution in [1.29, 1.82) is 0 Å². The van der Waals surface area contributed by atoms with Crippen LogP contribution < -0.4 is 5.32 Å². The van der Waals surface area contributed by atoms with Gasteiger partial charge in [0.05, 0.1) is 16.9 Å². The summed E-state index contributed by atoms with van der Waals surface area (Å²) in [6, 6.07) is 6.70. The number of nitro groups is 1. The first-order valence-corrected chi connectivity index (χ1v) is 7.85. The van der Waals surface area contributed by atoms with E-state index in [4.69, 9.17) is 0 Å². The molecule has 1 amide bonds. The van der Waals surface area contributed by atoms with Gasteiger partial charge in [0.25, 0.3) is 5.69 Å². The van der Waals surface area contributed by atoms with Crippen LogP contribution in [0.3, 0.4) is 0 Å². The first-order chi connectivity index (χ1) is 10.6. The summed E-state index contributed by atoms with van der Waals surface area (Å²) in [7, 11) is 0. The Balaban J connectivity index is 1.80. The van der Waals surface area contributed by atoms with Crippen molar-refractivity contribution >= 4 is 11.6 Å². The molecule has 2 saturated heterocycles. The Morgan fingerprint density at radius 2 is 1.95 bits per heavy atom. The zero-order valence-electron chi connectivity index (χ0n) is 12.6. The highest BCUT2D eigenvalue weighted by molar-refractivity contribution is 5.83. The van der Waals surface area contributed by atoms with Gasteiger partial charge in [-0.15, -0.1) is 0 Å². The fourth-order valence-corrected chi connectivity index (χ4v) is 3.70. The van der Waals surface area contributed by atoms with Crippen LogP contribution in [0.15, 0.2) is 24.3 Å². The summed E-state index contributed by atoms with van der Waals surface area (Å²) >= 11 is 0. The third-order valence-electron chi connectivity index (χ3n) is 4.93. The molecule has 0 atom stereocenters. The van der Waals surface area contributed by atoms with E-state index in [-0.39, 0.29) is 21.9 Å². The predicted octanol–water partition coefficient (Wildman–Crippen LogP) is 2.09. The quantitative estimate of drug-likeness (QED) is 0.685. The van der Waals surface area contributed by atoms with E-state index in [1.165, 1.54) is 6.07 Å². The van der Waals surface area contributed by atoms with E-state index in [9.17, 15) is 14.9 Å². The van der Waals surface area contributed by atoms with Crippen molar-refractivity contribution < 1.29 is 9.72 Å². The maximum atomic E-state index is 12.9. The Labute approximate surface area is 129 Å². The van der Waals surface area contributed by atoms with Crippen LogP contribution in [0.25, 0.3) is 0 Å². The fraction of sp³-hybridized carbons (Fsp3) is 0.562. The van der Waals surface area contributed by atoms with Crippen LogP contribution in [-0.2, 0) is 11.3 Å². The molecular weight excluding hydrogens is 282 g/mol. The molecule has 3 rings (SSSR count). The number of nitrogens with zero attached hydrogens (tertiary/aromatic N) is 2. The number of nitrogens with one attached hydrogen (secondary N) is 1.